The van der Waals surface area contributed by atoms with Crippen LogP contribution in [0.1, 0.15) is 30.3 Å². The van der Waals surface area contributed by atoms with Crippen LogP contribution in [0.25, 0.3) is 11.5 Å². The van der Waals surface area contributed by atoms with E-state index in [4.69, 9.17) is 4.52 Å². The average molecular weight is 362 g/mol. The van der Waals surface area contributed by atoms with Crippen molar-refractivity contribution in [3.8, 4) is 11.5 Å². The van der Waals surface area contributed by atoms with E-state index in [2.05, 4.69) is 31.4 Å². The Kier molecular flexibility index (Phi) is 3.75. The second-order valence-electron chi connectivity index (χ2n) is 4.79. The Morgan fingerprint density at radius 3 is 2.81 bits per heavy atom. The fourth-order valence-electron chi connectivity index (χ4n) is 2.33. The first-order chi connectivity index (χ1) is 9.95. The van der Waals surface area contributed by atoms with Gasteiger partial charge in [0.15, 0.2) is 5.82 Å². The molecule has 1 fully saturated rings. The van der Waals surface area contributed by atoms with Gasteiger partial charge in [-0.1, -0.05) is 21.1 Å². The Balaban J connectivity index is 2.00. The minimum absolute atomic E-state index is 0.0488. The van der Waals surface area contributed by atoms with Crippen molar-refractivity contribution in [2.24, 2.45) is 0 Å². The van der Waals surface area contributed by atoms with Crippen LogP contribution in [0.15, 0.2) is 27.2 Å². The summed E-state index contributed by atoms with van der Waals surface area (Å²) < 4.78 is 44.7. The highest BCUT2D eigenvalue weighted by molar-refractivity contribution is 9.10. The van der Waals surface area contributed by atoms with Crippen molar-refractivity contribution in [1.82, 2.24) is 15.5 Å². The molecular formula is C13H11BrF3N3O. The third-order valence-corrected chi connectivity index (χ3v) is 3.82. The molecule has 1 aromatic heterocycles. The molecule has 8 heteroatoms. The highest BCUT2D eigenvalue weighted by Crippen LogP contribution is 2.38. The molecule has 0 saturated carbocycles. The van der Waals surface area contributed by atoms with Gasteiger partial charge in [0.2, 0.25) is 0 Å². The lowest BCUT2D eigenvalue weighted by atomic mass is 10.1. The summed E-state index contributed by atoms with van der Waals surface area (Å²) in [4.78, 5) is 4.11. The SMILES string of the molecule is FC(F)(F)c1cc(Br)ccc1-c1nc(C2CCCN2)no1. The highest BCUT2D eigenvalue weighted by atomic mass is 79.9. The molecule has 112 valence electrons. The third kappa shape index (κ3) is 2.96. The predicted molar refractivity (Wildman–Crippen MR) is 72.4 cm³/mol. The smallest absolute Gasteiger partial charge is 0.334 e. The second-order valence-corrected chi connectivity index (χ2v) is 5.71. The molecule has 21 heavy (non-hydrogen) atoms. The molecule has 1 atom stereocenters. The molecule has 3 rings (SSSR count). The molecule has 0 spiro atoms. The number of halogens is 4. The van der Waals surface area contributed by atoms with Crippen LogP contribution >= 0.6 is 15.9 Å². The van der Waals surface area contributed by atoms with Crippen LogP contribution in [0.2, 0.25) is 0 Å². The molecular weight excluding hydrogens is 351 g/mol. The van der Waals surface area contributed by atoms with Crippen LogP contribution in [0.3, 0.4) is 0 Å². The number of aromatic nitrogens is 2. The van der Waals surface area contributed by atoms with Crippen LogP contribution in [-0.4, -0.2) is 16.7 Å². The fourth-order valence-corrected chi connectivity index (χ4v) is 2.69. The topological polar surface area (TPSA) is 51.0 Å². The molecule has 2 heterocycles. The Hall–Kier alpha value is -1.41. The van der Waals surface area contributed by atoms with Gasteiger partial charge in [-0.15, -0.1) is 0 Å². The van der Waals surface area contributed by atoms with Crippen LogP contribution in [-0.2, 0) is 6.18 Å². The van der Waals surface area contributed by atoms with Gasteiger partial charge >= 0.3 is 6.18 Å². The molecule has 1 N–H and O–H groups in total. The predicted octanol–water partition coefficient (Wildman–Crippen LogP) is 3.94. The van der Waals surface area contributed by atoms with Crippen molar-refractivity contribution in [1.29, 1.82) is 0 Å². The number of hydrogen-bond donors (Lipinski definition) is 1. The van der Waals surface area contributed by atoms with E-state index in [-0.39, 0.29) is 17.5 Å². The summed E-state index contributed by atoms with van der Waals surface area (Å²) in [5.74, 6) is 0.289. The van der Waals surface area contributed by atoms with Gasteiger partial charge in [-0.25, -0.2) is 0 Å². The zero-order chi connectivity index (χ0) is 15.0. The van der Waals surface area contributed by atoms with Crippen LogP contribution in [0.5, 0.6) is 0 Å². The quantitative estimate of drug-likeness (QED) is 0.879. The zero-order valence-electron chi connectivity index (χ0n) is 10.7. The monoisotopic (exact) mass is 361 g/mol. The van der Waals surface area contributed by atoms with Crippen molar-refractivity contribution < 1.29 is 17.7 Å². The van der Waals surface area contributed by atoms with Crippen molar-refractivity contribution in [2.75, 3.05) is 6.54 Å². The van der Waals surface area contributed by atoms with Crippen LogP contribution in [0.4, 0.5) is 13.2 Å². The maximum atomic E-state index is 13.1. The maximum Gasteiger partial charge on any atom is 0.417 e. The summed E-state index contributed by atoms with van der Waals surface area (Å²) in [5.41, 5.74) is -0.908. The number of nitrogens with one attached hydrogen (secondary N) is 1. The minimum Gasteiger partial charge on any atom is -0.334 e. The van der Waals surface area contributed by atoms with E-state index >= 15 is 0 Å². The lowest BCUT2D eigenvalue weighted by Crippen LogP contribution is -2.14. The molecule has 1 saturated heterocycles. The standard InChI is InChI=1S/C13H11BrF3N3O/c14-7-3-4-8(9(6-7)13(15,16)17)12-19-11(20-21-12)10-2-1-5-18-10/h3-4,6,10,18H,1-2,5H2. The van der Waals surface area contributed by atoms with Crippen molar-refractivity contribution in [2.45, 2.75) is 25.1 Å². The first-order valence-electron chi connectivity index (χ1n) is 6.39. The number of nitrogens with zero attached hydrogens (tertiary/aromatic N) is 2. The Morgan fingerprint density at radius 1 is 1.33 bits per heavy atom. The zero-order valence-corrected chi connectivity index (χ0v) is 12.3. The van der Waals surface area contributed by atoms with Gasteiger partial charge in [-0.2, -0.15) is 18.2 Å². The van der Waals surface area contributed by atoms with Crippen molar-refractivity contribution in [3.63, 3.8) is 0 Å². The summed E-state index contributed by atoms with van der Waals surface area (Å²) in [7, 11) is 0. The van der Waals surface area contributed by atoms with E-state index in [0.29, 0.717) is 10.3 Å². The molecule has 1 aliphatic rings. The number of benzene rings is 1. The molecule has 0 amide bonds. The molecule has 2 aromatic rings. The van der Waals surface area contributed by atoms with Crippen molar-refractivity contribution in [3.05, 3.63) is 34.1 Å². The summed E-state index contributed by atoms with van der Waals surface area (Å²) in [6, 6.07) is 3.80. The summed E-state index contributed by atoms with van der Waals surface area (Å²) in [6.07, 6.45) is -2.65. The van der Waals surface area contributed by atoms with Gasteiger partial charge in [0.05, 0.1) is 17.2 Å². The van der Waals surface area contributed by atoms with Crippen LogP contribution < -0.4 is 5.32 Å². The average Bonchev–Trinajstić information content (AvgIpc) is 3.08. The van der Waals surface area contributed by atoms with E-state index < -0.39 is 11.7 Å². The van der Waals surface area contributed by atoms with E-state index in [1.807, 2.05) is 0 Å². The second kappa shape index (κ2) is 5.42. The Labute approximate surface area is 126 Å². The van der Waals surface area contributed by atoms with E-state index in [0.717, 1.165) is 25.5 Å². The first kappa shape index (κ1) is 14.5. The van der Waals surface area contributed by atoms with Gasteiger partial charge < -0.3 is 9.84 Å². The molecule has 1 aromatic carbocycles. The van der Waals surface area contributed by atoms with Gasteiger partial charge in [-0.05, 0) is 37.6 Å². The van der Waals surface area contributed by atoms with E-state index in [1.165, 1.54) is 12.1 Å². The van der Waals surface area contributed by atoms with Gasteiger partial charge in [-0.3, -0.25) is 0 Å². The molecule has 0 aliphatic carbocycles. The highest BCUT2D eigenvalue weighted by Gasteiger charge is 2.35. The molecule has 0 bridgehead atoms. The first-order valence-corrected chi connectivity index (χ1v) is 7.18. The van der Waals surface area contributed by atoms with Gasteiger partial charge in [0.1, 0.15) is 0 Å². The summed E-state index contributed by atoms with van der Waals surface area (Å²) in [5, 5.41) is 6.97. The largest absolute Gasteiger partial charge is 0.417 e. The summed E-state index contributed by atoms with van der Waals surface area (Å²) >= 11 is 3.04. The molecule has 4 nitrogen and oxygen atoms in total. The number of alkyl halides is 3. The lowest BCUT2D eigenvalue weighted by Gasteiger charge is -2.10. The molecule has 1 aliphatic heterocycles. The Bertz CT molecular complexity index is 650. The van der Waals surface area contributed by atoms with Crippen LogP contribution in [0, 0.1) is 0 Å². The fraction of sp³-hybridized carbons (Fsp3) is 0.385. The normalized spacial score (nSPS) is 19.1. The number of hydrogen-bond acceptors (Lipinski definition) is 4. The van der Waals surface area contributed by atoms with E-state index in [1.54, 1.807) is 0 Å². The van der Waals surface area contributed by atoms with Crippen molar-refractivity contribution >= 4 is 15.9 Å². The molecule has 1 unspecified atom stereocenters. The minimum atomic E-state index is -4.49. The third-order valence-electron chi connectivity index (χ3n) is 3.33. The maximum absolute atomic E-state index is 13.1. The Morgan fingerprint density at radius 2 is 2.14 bits per heavy atom. The molecule has 0 radical (unpaired) electrons. The van der Waals surface area contributed by atoms with Gasteiger partial charge in [0, 0.05) is 4.47 Å². The van der Waals surface area contributed by atoms with E-state index in [9.17, 15) is 13.2 Å². The lowest BCUT2D eigenvalue weighted by molar-refractivity contribution is -0.137. The number of rotatable bonds is 2. The van der Waals surface area contributed by atoms with Gasteiger partial charge in [0.25, 0.3) is 5.89 Å². The summed E-state index contributed by atoms with van der Waals surface area (Å²) in [6.45, 7) is 0.848.